The van der Waals surface area contributed by atoms with Gasteiger partial charge in [0.2, 0.25) is 5.95 Å². The van der Waals surface area contributed by atoms with Crippen LogP contribution < -0.4 is 5.32 Å². The highest BCUT2D eigenvalue weighted by Crippen LogP contribution is 2.37. The van der Waals surface area contributed by atoms with Gasteiger partial charge in [-0.25, -0.2) is 4.79 Å². The van der Waals surface area contributed by atoms with Crippen LogP contribution in [-0.2, 0) is 9.53 Å². The lowest BCUT2D eigenvalue weighted by Gasteiger charge is -2.25. The van der Waals surface area contributed by atoms with E-state index < -0.39 is 0 Å². The lowest BCUT2D eigenvalue weighted by molar-refractivity contribution is -0.136. The first-order valence-corrected chi connectivity index (χ1v) is 6.83. The van der Waals surface area contributed by atoms with Gasteiger partial charge in [0.15, 0.2) is 0 Å². The molecule has 7 nitrogen and oxygen atoms in total. The Kier molecular flexibility index (Phi) is 3.01. The SMILES string of the molecule is COC(=O)C1=C(C)Nc2nnnn2[C@@H]1c1ccc(C)s1. The van der Waals surface area contributed by atoms with Gasteiger partial charge in [0.25, 0.3) is 0 Å². The first-order chi connectivity index (χ1) is 9.61. The number of aromatic nitrogens is 4. The molecule has 20 heavy (non-hydrogen) atoms. The van der Waals surface area contributed by atoms with Gasteiger partial charge in [0, 0.05) is 15.5 Å². The molecule has 0 fully saturated rings. The Morgan fingerprint density at radius 2 is 2.25 bits per heavy atom. The van der Waals surface area contributed by atoms with Crippen molar-refractivity contribution in [3.05, 3.63) is 33.2 Å². The summed E-state index contributed by atoms with van der Waals surface area (Å²) >= 11 is 1.61. The van der Waals surface area contributed by atoms with Crippen LogP contribution in [0.4, 0.5) is 5.95 Å². The van der Waals surface area contributed by atoms with E-state index in [2.05, 4.69) is 20.8 Å². The Morgan fingerprint density at radius 1 is 1.45 bits per heavy atom. The van der Waals surface area contributed by atoms with Crippen molar-refractivity contribution in [1.82, 2.24) is 20.2 Å². The zero-order valence-electron chi connectivity index (χ0n) is 11.2. The van der Waals surface area contributed by atoms with Gasteiger partial charge in [0.1, 0.15) is 6.04 Å². The summed E-state index contributed by atoms with van der Waals surface area (Å²) in [5, 5.41) is 14.6. The zero-order chi connectivity index (χ0) is 14.3. The number of ether oxygens (including phenoxy) is 1. The smallest absolute Gasteiger partial charge is 0.338 e. The number of nitrogens with zero attached hydrogens (tertiary/aromatic N) is 4. The Morgan fingerprint density at radius 3 is 2.90 bits per heavy atom. The van der Waals surface area contributed by atoms with Gasteiger partial charge in [-0.15, -0.1) is 11.3 Å². The molecule has 3 rings (SSSR count). The second-order valence-electron chi connectivity index (χ2n) is 4.45. The molecule has 1 atom stereocenters. The summed E-state index contributed by atoms with van der Waals surface area (Å²) in [6, 6.07) is 3.64. The van der Waals surface area contributed by atoms with Gasteiger partial charge in [0.05, 0.1) is 12.7 Å². The summed E-state index contributed by atoms with van der Waals surface area (Å²) in [5.74, 6) is 0.137. The summed E-state index contributed by atoms with van der Waals surface area (Å²) in [4.78, 5) is 14.3. The molecule has 2 aromatic rings. The number of fused-ring (bicyclic) bond motifs is 1. The number of hydrogen-bond acceptors (Lipinski definition) is 7. The van der Waals surface area contributed by atoms with Crippen molar-refractivity contribution in [3.8, 4) is 0 Å². The number of aryl methyl sites for hydroxylation is 1. The van der Waals surface area contributed by atoms with E-state index in [1.54, 1.807) is 16.0 Å². The molecule has 0 saturated heterocycles. The average Bonchev–Trinajstić information content (AvgIpc) is 3.04. The number of allylic oxidation sites excluding steroid dienone is 1. The fourth-order valence-electron chi connectivity index (χ4n) is 2.25. The average molecular weight is 291 g/mol. The topological polar surface area (TPSA) is 81.9 Å². The zero-order valence-corrected chi connectivity index (χ0v) is 12.1. The highest BCUT2D eigenvalue weighted by atomic mass is 32.1. The molecule has 1 N–H and O–H groups in total. The Bertz CT molecular complexity index is 702. The van der Waals surface area contributed by atoms with E-state index in [1.807, 2.05) is 26.0 Å². The Balaban J connectivity index is 2.18. The molecular weight excluding hydrogens is 278 g/mol. The van der Waals surface area contributed by atoms with Crippen molar-refractivity contribution in [1.29, 1.82) is 0 Å². The van der Waals surface area contributed by atoms with E-state index in [0.29, 0.717) is 17.2 Å². The van der Waals surface area contributed by atoms with Gasteiger partial charge >= 0.3 is 5.97 Å². The first-order valence-electron chi connectivity index (χ1n) is 6.02. The summed E-state index contributed by atoms with van der Waals surface area (Å²) in [6.07, 6.45) is 0. The predicted octanol–water partition coefficient (Wildman–Crippen LogP) is 1.50. The molecule has 0 saturated carbocycles. The molecule has 8 heteroatoms. The van der Waals surface area contributed by atoms with Gasteiger partial charge in [-0.05, 0) is 36.4 Å². The third-order valence-corrected chi connectivity index (χ3v) is 4.20. The van der Waals surface area contributed by atoms with E-state index in [9.17, 15) is 4.79 Å². The number of methoxy groups -OCH3 is 1. The van der Waals surface area contributed by atoms with Gasteiger partial charge in [-0.1, -0.05) is 5.10 Å². The minimum Gasteiger partial charge on any atom is -0.466 e. The number of hydrogen-bond donors (Lipinski definition) is 1. The minimum absolute atomic E-state index is 0.354. The van der Waals surface area contributed by atoms with Crippen molar-refractivity contribution in [3.63, 3.8) is 0 Å². The van der Waals surface area contributed by atoms with E-state index in [1.165, 1.54) is 7.11 Å². The maximum atomic E-state index is 12.1. The third kappa shape index (κ3) is 1.88. The standard InChI is InChI=1S/C12H13N5O2S/c1-6-4-5-8(20-6)10-9(11(18)19-3)7(2)13-12-14-15-16-17(10)12/h4-5,10H,1-3H3,(H,13,14,16)/t10-/m1/s1. The summed E-state index contributed by atoms with van der Waals surface area (Å²) in [6.45, 7) is 3.84. The Hall–Kier alpha value is -2.22. The summed E-state index contributed by atoms with van der Waals surface area (Å²) < 4.78 is 6.50. The second-order valence-corrected chi connectivity index (χ2v) is 5.77. The fourth-order valence-corrected chi connectivity index (χ4v) is 3.22. The predicted molar refractivity (Wildman–Crippen MR) is 73.4 cm³/mol. The molecular formula is C12H13N5O2S. The molecule has 3 heterocycles. The molecule has 0 unspecified atom stereocenters. The lowest BCUT2D eigenvalue weighted by Crippen LogP contribution is -2.28. The van der Waals surface area contributed by atoms with Crippen LogP contribution in [0.2, 0.25) is 0 Å². The number of rotatable bonds is 2. The maximum Gasteiger partial charge on any atom is 0.338 e. The number of tetrazole rings is 1. The van der Waals surface area contributed by atoms with Crippen molar-refractivity contribution in [2.24, 2.45) is 0 Å². The number of anilines is 1. The van der Waals surface area contributed by atoms with E-state index in [0.717, 1.165) is 9.75 Å². The summed E-state index contributed by atoms with van der Waals surface area (Å²) in [5.41, 5.74) is 1.23. The number of esters is 1. The van der Waals surface area contributed by atoms with Crippen molar-refractivity contribution in [2.75, 3.05) is 12.4 Å². The molecule has 1 aliphatic heterocycles. The van der Waals surface area contributed by atoms with Gasteiger partial charge < -0.3 is 10.1 Å². The first kappa shape index (κ1) is 12.8. The molecule has 2 aromatic heterocycles. The van der Waals surface area contributed by atoms with E-state index >= 15 is 0 Å². The van der Waals surface area contributed by atoms with Crippen LogP contribution in [0, 0.1) is 6.92 Å². The van der Waals surface area contributed by atoms with Crippen LogP contribution in [-0.4, -0.2) is 33.3 Å². The van der Waals surface area contributed by atoms with Crippen LogP contribution in [0.1, 0.15) is 22.7 Å². The van der Waals surface area contributed by atoms with E-state index in [4.69, 9.17) is 4.74 Å². The van der Waals surface area contributed by atoms with Crippen LogP contribution in [0.25, 0.3) is 0 Å². The fraction of sp³-hybridized carbons (Fsp3) is 0.333. The van der Waals surface area contributed by atoms with Crippen molar-refractivity contribution < 1.29 is 9.53 Å². The lowest BCUT2D eigenvalue weighted by atomic mass is 10.0. The van der Waals surface area contributed by atoms with Gasteiger partial charge in [-0.3, -0.25) is 0 Å². The molecule has 0 spiro atoms. The number of nitrogens with one attached hydrogen (secondary N) is 1. The maximum absolute atomic E-state index is 12.1. The summed E-state index contributed by atoms with van der Waals surface area (Å²) in [7, 11) is 1.37. The highest BCUT2D eigenvalue weighted by Gasteiger charge is 2.35. The Labute approximate surface area is 119 Å². The second kappa shape index (κ2) is 4.71. The van der Waals surface area contributed by atoms with Crippen molar-refractivity contribution >= 4 is 23.3 Å². The normalized spacial score (nSPS) is 17.6. The number of thiophene rings is 1. The van der Waals surface area contributed by atoms with Crippen LogP contribution >= 0.6 is 11.3 Å². The molecule has 0 bridgehead atoms. The van der Waals surface area contributed by atoms with Crippen LogP contribution in [0.15, 0.2) is 23.4 Å². The number of carbonyl (C=O) groups is 1. The molecule has 104 valence electrons. The highest BCUT2D eigenvalue weighted by molar-refractivity contribution is 7.12. The van der Waals surface area contributed by atoms with Crippen LogP contribution in [0.5, 0.6) is 0 Å². The largest absolute Gasteiger partial charge is 0.466 e. The molecule has 1 aliphatic rings. The monoisotopic (exact) mass is 291 g/mol. The molecule has 0 radical (unpaired) electrons. The quantitative estimate of drug-likeness (QED) is 0.844. The number of carbonyl (C=O) groups excluding carboxylic acids is 1. The molecule has 0 aromatic carbocycles. The third-order valence-electron chi connectivity index (χ3n) is 3.15. The molecule has 0 amide bonds. The minimum atomic E-state index is -0.382. The van der Waals surface area contributed by atoms with Gasteiger partial charge in [-0.2, -0.15) is 4.68 Å². The van der Waals surface area contributed by atoms with E-state index in [-0.39, 0.29) is 12.0 Å². The molecule has 0 aliphatic carbocycles. The van der Waals surface area contributed by atoms with Crippen LogP contribution in [0.3, 0.4) is 0 Å². The van der Waals surface area contributed by atoms with Crippen molar-refractivity contribution in [2.45, 2.75) is 19.9 Å².